The maximum atomic E-state index is 12.6. The molecule has 0 spiro atoms. The number of hydrogen-bond acceptors (Lipinski definition) is 5. The van der Waals surface area contributed by atoms with Gasteiger partial charge in [0.25, 0.3) is 0 Å². The van der Waals surface area contributed by atoms with Crippen LogP contribution in [-0.4, -0.2) is 57.9 Å². The SMILES string of the molecule is CN(C)CCN(C)S(=O)(=O)c1ccsc1CNC1CC1. The number of nitrogens with zero attached hydrogens (tertiary/aromatic N) is 2. The second-order valence-electron chi connectivity index (χ2n) is 5.49. The molecule has 1 aliphatic rings. The van der Waals surface area contributed by atoms with E-state index in [-0.39, 0.29) is 0 Å². The zero-order chi connectivity index (χ0) is 14.8. The Balaban J connectivity index is 2.05. The molecule has 0 aliphatic heterocycles. The van der Waals surface area contributed by atoms with E-state index in [0.717, 1.165) is 11.4 Å². The van der Waals surface area contributed by atoms with Crippen molar-refractivity contribution in [2.75, 3.05) is 34.2 Å². The first-order valence-corrected chi connectivity index (χ1v) is 9.14. The average molecular weight is 317 g/mol. The average Bonchev–Trinajstić information content (AvgIpc) is 3.09. The predicted molar refractivity (Wildman–Crippen MR) is 82.6 cm³/mol. The van der Waals surface area contributed by atoms with Crippen molar-refractivity contribution in [3.8, 4) is 0 Å². The summed E-state index contributed by atoms with van der Waals surface area (Å²) in [6.07, 6.45) is 2.41. The van der Waals surface area contributed by atoms with Gasteiger partial charge in [-0.25, -0.2) is 8.42 Å². The Morgan fingerprint density at radius 3 is 2.60 bits per heavy atom. The summed E-state index contributed by atoms with van der Waals surface area (Å²) in [7, 11) is 2.16. The minimum atomic E-state index is -3.37. The summed E-state index contributed by atoms with van der Waals surface area (Å²) in [6.45, 7) is 1.87. The topological polar surface area (TPSA) is 52.7 Å². The highest BCUT2D eigenvalue weighted by Gasteiger charge is 2.26. The van der Waals surface area contributed by atoms with E-state index in [0.29, 0.717) is 24.0 Å². The van der Waals surface area contributed by atoms with Crippen molar-refractivity contribution in [1.82, 2.24) is 14.5 Å². The van der Waals surface area contributed by atoms with Crippen molar-refractivity contribution >= 4 is 21.4 Å². The zero-order valence-corrected chi connectivity index (χ0v) is 13.9. The second-order valence-corrected chi connectivity index (χ2v) is 8.51. The molecule has 0 amide bonds. The Morgan fingerprint density at radius 2 is 2.00 bits per heavy atom. The van der Waals surface area contributed by atoms with Crippen LogP contribution in [0.1, 0.15) is 17.7 Å². The van der Waals surface area contributed by atoms with Crippen LogP contribution in [0, 0.1) is 0 Å². The molecule has 20 heavy (non-hydrogen) atoms. The highest BCUT2D eigenvalue weighted by molar-refractivity contribution is 7.89. The second kappa shape index (κ2) is 6.53. The molecule has 0 atom stereocenters. The highest BCUT2D eigenvalue weighted by atomic mass is 32.2. The maximum Gasteiger partial charge on any atom is 0.244 e. The van der Waals surface area contributed by atoms with Gasteiger partial charge in [-0.1, -0.05) is 0 Å². The van der Waals surface area contributed by atoms with E-state index in [1.807, 2.05) is 24.4 Å². The first-order chi connectivity index (χ1) is 9.41. The Labute approximate surface area is 125 Å². The van der Waals surface area contributed by atoms with Gasteiger partial charge in [-0.15, -0.1) is 11.3 Å². The van der Waals surface area contributed by atoms with Crippen LogP contribution < -0.4 is 5.32 Å². The van der Waals surface area contributed by atoms with Crippen molar-refractivity contribution in [1.29, 1.82) is 0 Å². The lowest BCUT2D eigenvalue weighted by Crippen LogP contribution is -2.34. The Kier molecular flexibility index (Phi) is 5.19. The molecule has 1 fully saturated rings. The van der Waals surface area contributed by atoms with E-state index in [2.05, 4.69) is 5.32 Å². The van der Waals surface area contributed by atoms with E-state index in [1.54, 1.807) is 13.1 Å². The first-order valence-electron chi connectivity index (χ1n) is 6.82. The van der Waals surface area contributed by atoms with Gasteiger partial charge in [0.15, 0.2) is 0 Å². The molecule has 1 saturated carbocycles. The fraction of sp³-hybridized carbons (Fsp3) is 0.692. The van der Waals surface area contributed by atoms with Gasteiger partial charge in [0.1, 0.15) is 0 Å². The quantitative estimate of drug-likeness (QED) is 0.782. The number of likely N-dealkylation sites (N-methyl/N-ethyl adjacent to an activating group) is 2. The molecule has 1 N–H and O–H groups in total. The van der Waals surface area contributed by atoms with Crippen LogP contribution in [0.5, 0.6) is 0 Å². The van der Waals surface area contributed by atoms with E-state index in [9.17, 15) is 8.42 Å². The minimum Gasteiger partial charge on any atom is -0.309 e. The largest absolute Gasteiger partial charge is 0.309 e. The molecular formula is C13H23N3O2S2. The lowest BCUT2D eigenvalue weighted by Gasteiger charge is -2.19. The summed E-state index contributed by atoms with van der Waals surface area (Å²) in [6, 6.07) is 2.30. The van der Waals surface area contributed by atoms with Gasteiger partial charge >= 0.3 is 0 Å². The monoisotopic (exact) mass is 317 g/mol. The summed E-state index contributed by atoms with van der Waals surface area (Å²) in [5.41, 5.74) is 0. The summed E-state index contributed by atoms with van der Waals surface area (Å²) >= 11 is 1.51. The first kappa shape index (κ1) is 15.9. The van der Waals surface area contributed by atoms with Gasteiger partial charge in [0.05, 0.1) is 4.90 Å². The molecule has 7 heteroatoms. The summed E-state index contributed by atoms with van der Waals surface area (Å²) in [5, 5.41) is 5.24. The van der Waals surface area contributed by atoms with Crippen molar-refractivity contribution in [2.45, 2.75) is 30.3 Å². The molecule has 5 nitrogen and oxygen atoms in total. The van der Waals surface area contributed by atoms with E-state index < -0.39 is 10.0 Å². The fourth-order valence-electron chi connectivity index (χ4n) is 1.84. The molecule has 0 radical (unpaired) electrons. The number of sulfonamides is 1. The summed E-state index contributed by atoms with van der Waals surface area (Å²) in [5.74, 6) is 0. The third-order valence-corrected chi connectivity index (χ3v) is 6.38. The van der Waals surface area contributed by atoms with Gasteiger partial charge in [0.2, 0.25) is 10.0 Å². The van der Waals surface area contributed by atoms with E-state index >= 15 is 0 Å². The van der Waals surface area contributed by atoms with E-state index in [1.165, 1.54) is 28.5 Å². The predicted octanol–water partition coefficient (Wildman–Crippen LogP) is 1.18. The molecule has 0 bridgehead atoms. The fourth-order valence-corrected chi connectivity index (χ4v) is 4.36. The van der Waals surface area contributed by atoms with Crippen molar-refractivity contribution in [3.63, 3.8) is 0 Å². The molecule has 1 aromatic heterocycles. The van der Waals surface area contributed by atoms with Crippen molar-refractivity contribution in [3.05, 3.63) is 16.3 Å². The van der Waals surface area contributed by atoms with Gasteiger partial charge in [-0.3, -0.25) is 0 Å². The third kappa shape index (κ3) is 4.02. The summed E-state index contributed by atoms with van der Waals surface area (Å²) < 4.78 is 26.6. The number of hydrogen-bond donors (Lipinski definition) is 1. The van der Waals surface area contributed by atoms with Crippen LogP contribution in [0.2, 0.25) is 0 Å². The zero-order valence-electron chi connectivity index (χ0n) is 12.3. The minimum absolute atomic E-state index is 0.455. The molecule has 2 rings (SSSR count). The van der Waals surface area contributed by atoms with Crippen molar-refractivity contribution in [2.24, 2.45) is 0 Å². The van der Waals surface area contributed by atoms with Crippen LogP contribution in [0.4, 0.5) is 0 Å². The molecule has 1 aliphatic carbocycles. The van der Waals surface area contributed by atoms with Gasteiger partial charge in [-0.05, 0) is 38.4 Å². The molecule has 0 saturated heterocycles. The van der Waals surface area contributed by atoms with Gasteiger partial charge in [-0.2, -0.15) is 4.31 Å². The molecule has 1 heterocycles. The smallest absolute Gasteiger partial charge is 0.244 e. The van der Waals surface area contributed by atoms with Crippen molar-refractivity contribution < 1.29 is 8.42 Å². The molecular weight excluding hydrogens is 294 g/mol. The van der Waals surface area contributed by atoms with Crippen LogP contribution in [-0.2, 0) is 16.6 Å². The number of rotatable bonds is 8. The number of nitrogens with one attached hydrogen (secondary N) is 1. The Bertz CT molecular complexity index is 536. The lowest BCUT2D eigenvalue weighted by atomic mass is 10.4. The third-order valence-electron chi connectivity index (χ3n) is 3.38. The molecule has 0 unspecified atom stereocenters. The lowest BCUT2D eigenvalue weighted by molar-refractivity contribution is 0.358. The van der Waals surface area contributed by atoms with Crippen LogP contribution in [0.15, 0.2) is 16.3 Å². The van der Waals surface area contributed by atoms with Crippen LogP contribution in [0.3, 0.4) is 0 Å². The number of thiophene rings is 1. The van der Waals surface area contributed by atoms with Crippen LogP contribution in [0.25, 0.3) is 0 Å². The molecule has 0 aromatic carbocycles. The molecule has 114 valence electrons. The van der Waals surface area contributed by atoms with E-state index in [4.69, 9.17) is 0 Å². The Morgan fingerprint density at radius 1 is 1.30 bits per heavy atom. The normalized spacial score (nSPS) is 16.2. The summed E-state index contributed by atoms with van der Waals surface area (Å²) in [4.78, 5) is 3.35. The molecule has 1 aromatic rings. The highest BCUT2D eigenvalue weighted by Crippen LogP contribution is 2.26. The van der Waals surface area contributed by atoms with Gasteiger partial charge in [0, 0.05) is 37.6 Å². The van der Waals surface area contributed by atoms with Crippen LogP contribution >= 0.6 is 11.3 Å². The maximum absolute atomic E-state index is 12.6. The standard InChI is InChI=1S/C13H23N3O2S2/c1-15(2)7-8-16(3)20(17,18)13-6-9-19-12(13)10-14-11-4-5-11/h6,9,11,14H,4-5,7-8,10H2,1-3H3. The Hall–Kier alpha value is -0.470. The van der Waals surface area contributed by atoms with Gasteiger partial charge < -0.3 is 10.2 Å².